The first kappa shape index (κ1) is 11.4. The molecule has 90 valence electrons. The zero-order valence-electron chi connectivity index (χ0n) is 9.37. The van der Waals surface area contributed by atoms with Gasteiger partial charge in [0.05, 0.1) is 18.4 Å². The molecule has 2 aromatic rings. The number of nitrogen functional groups attached to an aromatic ring is 1. The summed E-state index contributed by atoms with van der Waals surface area (Å²) in [7, 11) is 2.95. The number of nitrogens with zero attached hydrogens (tertiary/aromatic N) is 2. The molecule has 0 fully saturated rings. The predicted molar refractivity (Wildman–Crippen MR) is 59.5 cm³/mol. The Bertz CT molecular complexity index is 547. The van der Waals surface area contributed by atoms with E-state index in [0.29, 0.717) is 11.5 Å². The minimum absolute atomic E-state index is 0.0514. The molecule has 0 saturated heterocycles. The Morgan fingerprint density at radius 2 is 2.00 bits per heavy atom. The van der Waals surface area contributed by atoms with Crippen LogP contribution in [0.4, 0.5) is 14.6 Å². The molecule has 0 bridgehead atoms. The molecule has 2 rings (SSSR count). The summed E-state index contributed by atoms with van der Waals surface area (Å²) in [6, 6.07) is 3.44. The molecular weight excluding hydrogens is 228 g/mol. The van der Waals surface area contributed by atoms with Gasteiger partial charge in [-0.2, -0.15) is 5.10 Å². The van der Waals surface area contributed by atoms with Crippen molar-refractivity contribution >= 4 is 5.82 Å². The van der Waals surface area contributed by atoms with Crippen molar-refractivity contribution < 1.29 is 13.5 Å². The first-order valence-corrected chi connectivity index (χ1v) is 4.86. The predicted octanol–water partition coefficient (Wildman–Crippen LogP) is 1.96. The number of nitrogens with two attached hydrogens (primary N) is 1. The molecule has 1 heterocycles. The van der Waals surface area contributed by atoms with E-state index in [0.717, 1.165) is 12.1 Å². The van der Waals surface area contributed by atoms with Crippen LogP contribution in [-0.4, -0.2) is 16.9 Å². The standard InChI is InChI=1S/C11H11F2N3O/c1-16-10(14)5-9(15-16)7-3-6(12)4-8(13)11(7)17-2/h3-5H,14H2,1-2H3. The number of hydrogen-bond acceptors (Lipinski definition) is 3. The number of aryl methyl sites for hydroxylation is 1. The summed E-state index contributed by atoms with van der Waals surface area (Å²) < 4.78 is 33.0. The summed E-state index contributed by atoms with van der Waals surface area (Å²) in [6.07, 6.45) is 0. The van der Waals surface area contributed by atoms with Gasteiger partial charge in [0, 0.05) is 19.2 Å². The third-order valence-corrected chi connectivity index (χ3v) is 2.40. The van der Waals surface area contributed by atoms with Crippen LogP contribution in [0.5, 0.6) is 5.75 Å². The Balaban J connectivity index is 2.65. The highest BCUT2D eigenvalue weighted by atomic mass is 19.1. The van der Waals surface area contributed by atoms with E-state index < -0.39 is 11.6 Å². The van der Waals surface area contributed by atoms with Crippen molar-refractivity contribution in [1.29, 1.82) is 0 Å². The van der Waals surface area contributed by atoms with Gasteiger partial charge in [-0.25, -0.2) is 8.78 Å². The average Bonchev–Trinajstić information content (AvgIpc) is 2.58. The van der Waals surface area contributed by atoms with Gasteiger partial charge in [0.1, 0.15) is 11.6 Å². The van der Waals surface area contributed by atoms with Crippen LogP contribution in [0.1, 0.15) is 0 Å². The van der Waals surface area contributed by atoms with Crippen LogP contribution in [0.25, 0.3) is 11.3 Å². The molecule has 17 heavy (non-hydrogen) atoms. The fourth-order valence-electron chi connectivity index (χ4n) is 1.57. The number of anilines is 1. The van der Waals surface area contributed by atoms with Crippen molar-refractivity contribution in [3.63, 3.8) is 0 Å². The molecule has 0 saturated carbocycles. The molecule has 0 unspecified atom stereocenters. The molecule has 0 atom stereocenters. The fourth-order valence-corrected chi connectivity index (χ4v) is 1.57. The fraction of sp³-hybridized carbons (Fsp3) is 0.182. The van der Waals surface area contributed by atoms with E-state index in [1.807, 2.05) is 0 Å². The number of aromatic nitrogens is 2. The van der Waals surface area contributed by atoms with E-state index in [-0.39, 0.29) is 11.3 Å². The summed E-state index contributed by atoms with van der Waals surface area (Å²) in [4.78, 5) is 0. The highest BCUT2D eigenvalue weighted by Gasteiger charge is 2.16. The van der Waals surface area contributed by atoms with Crippen molar-refractivity contribution in [1.82, 2.24) is 9.78 Å². The quantitative estimate of drug-likeness (QED) is 0.871. The number of hydrogen-bond donors (Lipinski definition) is 1. The summed E-state index contributed by atoms with van der Waals surface area (Å²) in [5.41, 5.74) is 6.21. The maximum Gasteiger partial charge on any atom is 0.168 e. The molecule has 0 aliphatic rings. The van der Waals surface area contributed by atoms with Crippen molar-refractivity contribution in [2.75, 3.05) is 12.8 Å². The average molecular weight is 239 g/mol. The summed E-state index contributed by atoms with van der Waals surface area (Å²) in [5, 5.41) is 4.05. The molecule has 1 aromatic heterocycles. The van der Waals surface area contributed by atoms with Gasteiger partial charge in [-0.3, -0.25) is 4.68 Å². The summed E-state index contributed by atoms with van der Waals surface area (Å²) >= 11 is 0. The Labute approximate surface area is 96.6 Å². The SMILES string of the molecule is COc1c(F)cc(F)cc1-c1cc(N)n(C)n1. The second-order valence-electron chi connectivity index (χ2n) is 3.55. The highest BCUT2D eigenvalue weighted by molar-refractivity contribution is 5.69. The van der Waals surface area contributed by atoms with E-state index in [9.17, 15) is 8.78 Å². The Morgan fingerprint density at radius 1 is 1.29 bits per heavy atom. The second kappa shape index (κ2) is 4.04. The molecule has 4 nitrogen and oxygen atoms in total. The number of benzene rings is 1. The normalized spacial score (nSPS) is 10.6. The van der Waals surface area contributed by atoms with E-state index in [1.54, 1.807) is 7.05 Å². The smallest absolute Gasteiger partial charge is 0.168 e. The van der Waals surface area contributed by atoms with Gasteiger partial charge < -0.3 is 10.5 Å². The van der Waals surface area contributed by atoms with Crippen molar-refractivity contribution in [2.24, 2.45) is 7.05 Å². The minimum atomic E-state index is -0.772. The molecule has 2 N–H and O–H groups in total. The van der Waals surface area contributed by atoms with E-state index in [1.165, 1.54) is 17.9 Å². The van der Waals surface area contributed by atoms with Crippen molar-refractivity contribution in [3.8, 4) is 17.0 Å². The lowest BCUT2D eigenvalue weighted by atomic mass is 10.1. The third kappa shape index (κ3) is 1.93. The number of ether oxygens (including phenoxy) is 1. The Kier molecular flexibility index (Phi) is 2.71. The molecule has 1 aromatic carbocycles. The molecule has 0 aliphatic carbocycles. The van der Waals surface area contributed by atoms with Crippen LogP contribution in [0.3, 0.4) is 0 Å². The monoisotopic (exact) mass is 239 g/mol. The summed E-state index contributed by atoms with van der Waals surface area (Å²) in [6.45, 7) is 0. The van der Waals surface area contributed by atoms with E-state index in [2.05, 4.69) is 5.10 Å². The maximum atomic E-state index is 13.5. The van der Waals surface area contributed by atoms with Crippen molar-refractivity contribution in [3.05, 3.63) is 29.8 Å². The second-order valence-corrected chi connectivity index (χ2v) is 3.55. The lowest BCUT2D eigenvalue weighted by Gasteiger charge is -2.07. The lowest BCUT2D eigenvalue weighted by molar-refractivity contribution is 0.385. The highest BCUT2D eigenvalue weighted by Crippen LogP contribution is 2.33. The summed E-state index contributed by atoms with van der Waals surface area (Å²) in [5.74, 6) is -1.12. The van der Waals surface area contributed by atoms with Gasteiger partial charge in [0.15, 0.2) is 11.6 Å². The Hall–Kier alpha value is -2.11. The lowest BCUT2D eigenvalue weighted by Crippen LogP contribution is -1.97. The van der Waals surface area contributed by atoms with E-state index >= 15 is 0 Å². The number of halogens is 2. The van der Waals surface area contributed by atoms with Gasteiger partial charge in [-0.15, -0.1) is 0 Å². The van der Waals surface area contributed by atoms with Crippen LogP contribution in [0.2, 0.25) is 0 Å². The van der Waals surface area contributed by atoms with Crippen LogP contribution >= 0.6 is 0 Å². The van der Waals surface area contributed by atoms with Gasteiger partial charge >= 0.3 is 0 Å². The molecule has 6 heteroatoms. The van der Waals surface area contributed by atoms with E-state index in [4.69, 9.17) is 10.5 Å². The maximum absolute atomic E-state index is 13.5. The molecule has 0 aliphatic heterocycles. The van der Waals surface area contributed by atoms with Gasteiger partial charge in [-0.05, 0) is 6.07 Å². The number of methoxy groups -OCH3 is 1. The minimum Gasteiger partial charge on any atom is -0.493 e. The molecule has 0 spiro atoms. The third-order valence-electron chi connectivity index (χ3n) is 2.40. The molecule has 0 radical (unpaired) electrons. The van der Waals surface area contributed by atoms with Gasteiger partial charge in [-0.1, -0.05) is 0 Å². The first-order valence-electron chi connectivity index (χ1n) is 4.86. The first-order chi connectivity index (χ1) is 8.02. The number of rotatable bonds is 2. The van der Waals surface area contributed by atoms with Crippen LogP contribution < -0.4 is 10.5 Å². The zero-order valence-corrected chi connectivity index (χ0v) is 9.37. The zero-order chi connectivity index (χ0) is 12.6. The van der Waals surface area contributed by atoms with Gasteiger partial charge in [0.25, 0.3) is 0 Å². The van der Waals surface area contributed by atoms with Crippen LogP contribution in [0, 0.1) is 11.6 Å². The van der Waals surface area contributed by atoms with Crippen LogP contribution in [0.15, 0.2) is 18.2 Å². The van der Waals surface area contributed by atoms with Crippen LogP contribution in [-0.2, 0) is 7.05 Å². The van der Waals surface area contributed by atoms with Gasteiger partial charge in [0.2, 0.25) is 0 Å². The molecule has 0 amide bonds. The van der Waals surface area contributed by atoms with Crippen molar-refractivity contribution in [2.45, 2.75) is 0 Å². The Morgan fingerprint density at radius 3 is 2.53 bits per heavy atom. The molecular formula is C11H11F2N3O. The largest absolute Gasteiger partial charge is 0.493 e. The topological polar surface area (TPSA) is 53.1 Å².